The summed E-state index contributed by atoms with van der Waals surface area (Å²) in [4.78, 5) is 64.2. The van der Waals surface area contributed by atoms with Crippen molar-refractivity contribution in [1.29, 1.82) is 0 Å². The summed E-state index contributed by atoms with van der Waals surface area (Å²) in [5, 5.41) is 9.51. The number of nitrogens with one attached hydrogen (secondary N) is 3. The lowest BCUT2D eigenvalue weighted by Gasteiger charge is -2.36. The molecule has 0 radical (unpaired) electrons. The molecule has 3 N–H and O–H groups in total. The van der Waals surface area contributed by atoms with Gasteiger partial charge in [0.25, 0.3) is 11.8 Å². The van der Waals surface area contributed by atoms with Crippen molar-refractivity contribution in [1.82, 2.24) is 25.1 Å². The van der Waals surface area contributed by atoms with Gasteiger partial charge in [-0.15, -0.1) is 0 Å². The van der Waals surface area contributed by atoms with Gasteiger partial charge in [0.05, 0.1) is 35.8 Å². The minimum atomic E-state index is -2.58. The first kappa shape index (κ1) is 37.0. The van der Waals surface area contributed by atoms with Gasteiger partial charge in [-0.1, -0.05) is 29.8 Å². The number of piperazine rings is 1. The normalized spacial score (nSPS) is 17.8. The van der Waals surface area contributed by atoms with Crippen molar-refractivity contribution in [2.24, 2.45) is 0 Å². The number of carbonyl (C=O) groups excluding carboxylic acids is 4. The summed E-state index contributed by atoms with van der Waals surface area (Å²) >= 11 is 6.43. The second-order valence-electron chi connectivity index (χ2n) is 13.6. The first-order valence-electron chi connectivity index (χ1n) is 17.2. The van der Waals surface area contributed by atoms with E-state index in [-0.39, 0.29) is 47.0 Å². The van der Waals surface area contributed by atoms with Crippen LogP contribution < -0.4 is 30.9 Å². The number of amides is 4. The van der Waals surface area contributed by atoms with Crippen LogP contribution >= 0.6 is 18.7 Å². The topological polar surface area (TPSA) is 166 Å². The van der Waals surface area contributed by atoms with E-state index in [1.165, 1.54) is 18.3 Å². The maximum Gasteiger partial charge on any atom is 0.265 e. The van der Waals surface area contributed by atoms with E-state index in [1.54, 1.807) is 20.4 Å². The van der Waals surface area contributed by atoms with Crippen molar-refractivity contribution >= 4 is 76.5 Å². The molecule has 3 aromatic carbocycles. The van der Waals surface area contributed by atoms with E-state index in [1.807, 2.05) is 42.5 Å². The maximum absolute atomic E-state index is 15.8. The Morgan fingerprint density at radius 3 is 2.46 bits per heavy atom. The largest absolute Gasteiger partial charge is 0.494 e. The number of para-hydroxylation sites is 1. The summed E-state index contributed by atoms with van der Waals surface area (Å²) < 4.78 is 34.4. The van der Waals surface area contributed by atoms with E-state index in [0.29, 0.717) is 54.4 Å². The molecular formula is C37H37ClFN8O6P. The molecule has 0 aliphatic carbocycles. The first-order valence-corrected chi connectivity index (χ1v) is 20.2. The van der Waals surface area contributed by atoms with Crippen molar-refractivity contribution in [3.8, 4) is 5.75 Å². The second kappa shape index (κ2) is 14.8. The van der Waals surface area contributed by atoms with Gasteiger partial charge in [-0.3, -0.25) is 34.3 Å². The Kier molecular flexibility index (Phi) is 10.1. The number of hydrogen-bond donors (Lipinski definition) is 3. The molecule has 1 atom stereocenters. The van der Waals surface area contributed by atoms with Gasteiger partial charge < -0.3 is 24.8 Å². The second-order valence-corrected chi connectivity index (χ2v) is 17.2. The van der Waals surface area contributed by atoms with Crippen LogP contribution in [0.3, 0.4) is 0 Å². The summed E-state index contributed by atoms with van der Waals surface area (Å²) in [7, 11) is -1.02. The van der Waals surface area contributed by atoms with Crippen molar-refractivity contribution in [3.05, 3.63) is 88.3 Å². The van der Waals surface area contributed by atoms with Crippen LogP contribution in [-0.4, -0.2) is 96.1 Å². The molecule has 4 heterocycles. The van der Waals surface area contributed by atoms with Gasteiger partial charge >= 0.3 is 0 Å². The van der Waals surface area contributed by atoms with Gasteiger partial charge in [-0.05, 0) is 50.1 Å². The molecular weight excluding hydrogens is 738 g/mol. The van der Waals surface area contributed by atoms with E-state index in [2.05, 4.69) is 35.7 Å². The number of imide groups is 2. The van der Waals surface area contributed by atoms with Crippen molar-refractivity contribution < 1.29 is 32.9 Å². The molecule has 280 valence electrons. The molecule has 3 aliphatic heterocycles. The third kappa shape index (κ3) is 7.26. The highest BCUT2D eigenvalue weighted by Gasteiger charge is 2.46. The van der Waals surface area contributed by atoms with E-state index >= 15 is 4.39 Å². The maximum atomic E-state index is 15.8. The number of carbonyl (C=O) groups is 4. The molecule has 17 heteroatoms. The number of anilines is 5. The number of ether oxygens (including phenoxy) is 1. The Morgan fingerprint density at radius 2 is 1.74 bits per heavy atom. The Balaban J connectivity index is 0.995. The van der Waals surface area contributed by atoms with Crippen LogP contribution in [0.1, 0.15) is 39.1 Å². The third-order valence-electron chi connectivity index (χ3n) is 9.67. The molecule has 7 rings (SSSR count). The van der Waals surface area contributed by atoms with Crippen LogP contribution in [0.4, 0.5) is 33.2 Å². The predicted octanol–water partition coefficient (Wildman–Crippen LogP) is 4.74. The van der Waals surface area contributed by atoms with Gasteiger partial charge in [0.2, 0.25) is 17.8 Å². The SMILES string of the molecule is COc1cc(N2CCN(Cc3ccc4c(c3F)C(=O)N(C3CCC(=O)NC3=O)C4=O)CC2)ccc1Nc1ncc(Cl)c(Nc2ccccc2P(C)(C)=O)n1. The van der Waals surface area contributed by atoms with Gasteiger partial charge in [0, 0.05) is 61.8 Å². The van der Waals surface area contributed by atoms with E-state index < -0.39 is 42.6 Å². The summed E-state index contributed by atoms with van der Waals surface area (Å²) in [5.41, 5.74) is 2.02. The fraction of sp³-hybridized carbons (Fsp3) is 0.297. The smallest absolute Gasteiger partial charge is 0.265 e. The number of hydrogen-bond acceptors (Lipinski definition) is 12. The van der Waals surface area contributed by atoms with E-state index in [4.69, 9.17) is 16.3 Å². The fourth-order valence-electron chi connectivity index (χ4n) is 6.88. The Bertz CT molecular complexity index is 2240. The highest BCUT2D eigenvalue weighted by atomic mass is 35.5. The van der Waals surface area contributed by atoms with Crippen molar-refractivity contribution in [3.63, 3.8) is 0 Å². The van der Waals surface area contributed by atoms with E-state index in [0.717, 1.165) is 10.6 Å². The monoisotopic (exact) mass is 774 g/mol. The van der Waals surface area contributed by atoms with Crippen LogP contribution in [0.25, 0.3) is 0 Å². The molecule has 1 aromatic heterocycles. The summed E-state index contributed by atoms with van der Waals surface area (Å²) in [6.45, 7) is 6.06. The summed E-state index contributed by atoms with van der Waals surface area (Å²) in [6, 6.07) is 14.8. The van der Waals surface area contributed by atoms with Crippen molar-refractivity contribution in [2.45, 2.75) is 25.4 Å². The van der Waals surface area contributed by atoms with Gasteiger partial charge in [0.1, 0.15) is 29.8 Å². The first-order chi connectivity index (χ1) is 25.8. The molecule has 0 saturated carbocycles. The third-order valence-corrected chi connectivity index (χ3v) is 11.5. The Hall–Kier alpha value is -5.37. The minimum absolute atomic E-state index is 0.00409. The molecule has 2 saturated heterocycles. The fourth-order valence-corrected chi connectivity index (χ4v) is 8.17. The zero-order valence-corrected chi connectivity index (χ0v) is 31.3. The van der Waals surface area contributed by atoms with Gasteiger partial charge in [0.15, 0.2) is 5.82 Å². The Morgan fingerprint density at radius 1 is 0.981 bits per heavy atom. The standard InChI is InChI=1S/C37H37ClFN8O6P/c1-53-28-18-22(9-11-25(28)42-37-40-19-24(38)33(44-37)41-26-6-4-5-7-29(26)54(2,3)52)46-16-14-45(15-17-46)20-21-8-10-23-31(32(21)39)36(51)47(35(23)50)27-12-13-30(48)43-34(27)49/h4-11,18-19,27H,12-17,20H2,1-3H3,(H,43,48,49)(H2,40,41,42,44). The van der Waals surface area contributed by atoms with Crippen molar-refractivity contribution in [2.75, 3.05) is 62.2 Å². The number of nitrogens with zero attached hydrogens (tertiary/aromatic N) is 5. The number of benzene rings is 3. The Labute approximate surface area is 315 Å². The molecule has 54 heavy (non-hydrogen) atoms. The van der Waals surface area contributed by atoms with Crippen LogP contribution in [0.5, 0.6) is 5.75 Å². The molecule has 0 bridgehead atoms. The number of aromatic nitrogens is 2. The number of fused-ring (bicyclic) bond motifs is 1. The van der Waals surface area contributed by atoms with Gasteiger partial charge in [-0.25, -0.2) is 9.37 Å². The molecule has 14 nitrogen and oxygen atoms in total. The van der Waals surface area contributed by atoms with Crippen LogP contribution in [0, 0.1) is 5.82 Å². The van der Waals surface area contributed by atoms with Crippen LogP contribution in [-0.2, 0) is 20.7 Å². The summed E-state index contributed by atoms with van der Waals surface area (Å²) in [5.74, 6) is -2.45. The minimum Gasteiger partial charge on any atom is -0.494 e. The lowest BCUT2D eigenvalue weighted by Crippen LogP contribution is -2.54. The van der Waals surface area contributed by atoms with Crippen LogP contribution in [0.2, 0.25) is 5.02 Å². The zero-order chi connectivity index (χ0) is 38.3. The number of rotatable bonds is 10. The van der Waals surface area contributed by atoms with E-state index in [9.17, 15) is 23.7 Å². The van der Waals surface area contributed by atoms with Gasteiger partial charge in [-0.2, -0.15) is 4.98 Å². The molecule has 3 aliphatic rings. The zero-order valence-electron chi connectivity index (χ0n) is 29.7. The lowest BCUT2D eigenvalue weighted by atomic mass is 10.0. The molecule has 4 aromatic rings. The number of halogens is 2. The van der Waals surface area contributed by atoms with Crippen LogP contribution in [0.15, 0.2) is 60.8 Å². The summed E-state index contributed by atoms with van der Waals surface area (Å²) in [6.07, 6.45) is 1.45. The highest BCUT2D eigenvalue weighted by molar-refractivity contribution is 7.70. The quantitative estimate of drug-likeness (QED) is 0.150. The highest BCUT2D eigenvalue weighted by Crippen LogP contribution is 2.39. The molecule has 4 amide bonds. The predicted molar refractivity (Wildman–Crippen MR) is 203 cm³/mol. The number of methoxy groups -OCH3 is 1. The molecule has 0 spiro atoms. The molecule has 1 unspecified atom stereocenters. The average molecular weight is 775 g/mol. The molecule has 2 fully saturated rings. The number of piperidine rings is 1. The lowest BCUT2D eigenvalue weighted by molar-refractivity contribution is -0.136. The average Bonchev–Trinajstić information content (AvgIpc) is 3.40.